The van der Waals surface area contributed by atoms with Gasteiger partial charge in [-0.15, -0.1) is 0 Å². The third-order valence-electron chi connectivity index (χ3n) is 5.39. The van der Waals surface area contributed by atoms with Crippen LogP contribution in [0.4, 0.5) is 18.9 Å². The van der Waals surface area contributed by atoms with Crippen LogP contribution in [0.2, 0.25) is 0 Å². The predicted molar refractivity (Wildman–Crippen MR) is 113 cm³/mol. The van der Waals surface area contributed by atoms with Crippen molar-refractivity contribution in [2.75, 3.05) is 11.9 Å². The topological polar surface area (TPSA) is 95.5 Å². The number of benzene rings is 1. The van der Waals surface area contributed by atoms with E-state index in [-0.39, 0.29) is 22.9 Å². The van der Waals surface area contributed by atoms with Gasteiger partial charge in [0.25, 0.3) is 0 Å². The number of unbranched alkanes of at least 4 members (excludes halogenated alkanes) is 4. The van der Waals surface area contributed by atoms with Crippen LogP contribution in [-0.4, -0.2) is 38.3 Å². The molecule has 10 heteroatoms. The van der Waals surface area contributed by atoms with Crippen LogP contribution in [0.25, 0.3) is 0 Å². The fraction of sp³-hybridized carbons (Fsp3) is 0.667. The molecule has 1 aromatic carbocycles. The number of carboxylic acid groups (broad SMARTS) is 1. The lowest BCUT2D eigenvalue weighted by Crippen LogP contribution is -2.36. The van der Waals surface area contributed by atoms with E-state index < -0.39 is 28.6 Å². The SMILES string of the molecule is O=C(O)c1ccc(NCCCCCCCC(F)(F)F)cc1S(=O)(=O)NC1CCCCC1. The van der Waals surface area contributed by atoms with Crippen LogP contribution in [0.5, 0.6) is 0 Å². The lowest BCUT2D eigenvalue weighted by atomic mass is 9.96. The predicted octanol–water partition coefficient (Wildman–Crippen LogP) is 5.31. The molecule has 176 valence electrons. The summed E-state index contributed by atoms with van der Waals surface area (Å²) in [5.74, 6) is -1.31. The van der Waals surface area contributed by atoms with Crippen molar-refractivity contribution in [3.8, 4) is 0 Å². The monoisotopic (exact) mass is 464 g/mol. The van der Waals surface area contributed by atoms with Crippen LogP contribution < -0.4 is 10.0 Å². The van der Waals surface area contributed by atoms with Gasteiger partial charge in [0.15, 0.2) is 0 Å². The molecule has 0 aromatic heterocycles. The Morgan fingerprint density at radius 1 is 1.03 bits per heavy atom. The average molecular weight is 465 g/mol. The first-order chi connectivity index (χ1) is 14.6. The molecule has 0 radical (unpaired) electrons. The number of alkyl halides is 3. The molecule has 1 aliphatic rings. The maximum Gasteiger partial charge on any atom is 0.389 e. The Morgan fingerprint density at radius 2 is 1.68 bits per heavy atom. The Labute approximate surface area is 181 Å². The van der Waals surface area contributed by atoms with Crippen LogP contribution in [-0.2, 0) is 10.0 Å². The summed E-state index contributed by atoms with van der Waals surface area (Å²) in [7, 11) is -3.98. The Balaban J connectivity index is 1.90. The third kappa shape index (κ3) is 9.06. The number of carboxylic acids is 1. The lowest BCUT2D eigenvalue weighted by molar-refractivity contribution is -0.135. The van der Waals surface area contributed by atoms with Crippen LogP contribution in [0.1, 0.15) is 81.0 Å². The Morgan fingerprint density at radius 3 is 2.32 bits per heavy atom. The van der Waals surface area contributed by atoms with Gasteiger partial charge in [-0.3, -0.25) is 0 Å². The summed E-state index contributed by atoms with van der Waals surface area (Å²) in [5.41, 5.74) is 0.213. The van der Waals surface area contributed by atoms with Crippen molar-refractivity contribution >= 4 is 21.7 Å². The smallest absolute Gasteiger partial charge is 0.389 e. The van der Waals surface area contributed by atoms with E-state index in [9.17, 15) is 31.5 Å². The van der Waals surface area contributed by atoms with Crippen molar-refractivity contribution in [3.05, 3.63) is 23.8 Å². The van der Waals surface area contributed by atoms with Gasteiger partial charge in [0.05, 0.1) is 10.5 Å². The highest BCUT2D eigenvalue weighted by molar-refractivity contribution is 7.89. The highest BCUT2D eigenvalue weighted by Crippen LogP contribution is 2.25. The Bertz CT molecular complexity index is 822. The largest absolute Gasteiger partial charge is 0.478 e. The minimum absolute atomic E-state index is 0.128. The minimum Gasteiger partial charge on any atom is -0.478 e. The van der Waals surface area contributed by atoms with Gasteiger partial charge in [-0.1, -0.05) is 38.5 Å². The molecule has 0 heterocycles. The molecule has 0 spiro atoms. The maximum absolute atomic E-state index is 12.8. The highest BCUT2D eigenvalue weighted by Gasteiger charge is 2.27. The molecule has 31 heavy (non-hydrogen) atoms. The van der Waals surface area contributed by atoms with Gasteiger partial charge in [0.2, 0.25) is 10.0 Å². The molecule has 6 nitrogen and oxygen atoms in total. The third-order valence-corrected chi connectivity index (χ3v) is 6.96. The summed E-state index contributed by atoms with van der Waals surface area (Å²) < 4.78 is 64.6. The first-order valence-electron chi connectivity index (χ1n) is 10.8. The zero-order valence-electron chi connectivity index (χ0n) is 17.5. The molecule has 0 unspecified atom stereocenters. The van der Waals surface area contributed by atoms with E-state index in [4.69, 9.17) is 0 Å². The van der Waals surface area contributed by atoms with Crippen molar-refractivity contribution in [2.24, 2.45) is 0 Å². The maximum atomic E-state index is 12.8. The van der Waals surface area contributed by atoms with E-state index in [1.54, 1.807) is 0 Å². The van der Waals surface area contributed by atoms with Gasteiger partial charge in [-0.25, -0.2) is 17.9 Å². The fourth-order valence-electron chi connectivity index (χ4n) is 3.75. The molecule has 1 aromatic rings. The summed E-state index contributed by atoms with van der Waals surface area (Å²) >= 11 is 0. The molecule has 0 bridgehead atoms. The molecular weight excluding hydrogens is 433 g/mol. The standard InChI is InChI=1S/C21H31F3N2O4S/c22-21(23,24)13-7-2-1-3-8-14-25-17-11-12-18(20(27)28)19(15-17)31(29,30)26-16-9-5-4-6-10-16/h11-12,15-16,25-26H,1-10,13-14H2,(H,27,28). The van der Waals surface area contributed by atoms with Gasteiger partial charge in [0, 0.05) is 24.7 Å². The zero-order chi connectivity index (χ0) is 22.9. The molecule has 1 saturated carbocycles. The minimum atomic E-state index is -4.10. The van der Waals surface area contributed by atoms with E-state index in [2.05, 4.69) is 10.0 Å². The van der Waals surface area contributed by atoms with Crippen LogP contribution in [0.15, 0.2) is 23.1 Å². The molecule has 0 saturated heterocycles. The molecule has 0 amide bonds. The van der Waals surface area contributed by atoms with Crippen LogP contribution in [0.3, 0.4) is 0 Å². The number of sulfonamides is 1. The molecule has 0 aliphatic heterocycles. The number of rotatable bonds is 12. The number of carbonyl (C=O) groups is 1. The Hall–Kier alpha value is -1.81. The van der Waals surface area contributed by atoms with Gasteiger partial charge < -0.3 is 10.4 Å². The summed E-state index contributed by atoms with van der Waals surface area (Å²) in [6.45, 7) is 0.515. The van der Waals surface area contributed by atoms with E-state index in [1.807, 2.05) is 0 Å². The van der Waals surface area contributed by atoms with Crippen molar-refractivity contribution in [1.82, 2.24) is 4.72 Å². The summed E-state index contributed by atoms with van der Waals surface area (Å²) in [4.78, 5) is 11.3. The first kappa shape index (κ1) is 25.5. The molecule has 2 rings (SSSR count). The normalized spacial score (nSPS) is 15.7. The summed E-state index contributed by atoms with van der Waals surface area (Å²) in [5, 5.41) is 12.5. The second-order valence-corrected chi connectivity index (χ2v) is 9.71. The summed E-state index contributed by atoms with van der Waals surface area (Å²) in [6.07, 6.45) is 2.38. The lowest BCUT2D eigenvalue weighted by Gasteiger charge is -2.23. The van der Waals surface area contributed by atoms with Gasteiger partial charge in [-0.2, -0.15) is 13.2 Å². The summed E-state index contributed by atoms with van der Waals surface area (Å²) in [6, 6.07) is 3.94. The molecular formula is C21H31F3N2O4S. The van der Waals surface area contributed by atoms with Crippen LogP contribution in [0, 0.1) is 0 Å². The van der Waals surface area contributed by atoms with Crippen molar-refractivity contribution in [1.29, 1.82) is 0 Å². The van der Waals surface area contributed by atoms with Gasteiger partial charge >= 0.3 is 12.1 Å². The highest BCUT2D eigenvalue weighted by atomic mass is 32.2. The van der Waals surface area contributed by atoms with E-state index in [0.29, 0.717) is 25.1 Å². The van der Waals surface area contributed by atoms with Crippen molar-refractivity contribution < 1.29 is 31.5 Å². The van der Waals surface area contributed by atoms with Gasteiger partial charge in [0.1, 0.15) is 0 Å². The molecule has 1 fully saturated rings. The number of nitrogens with one attached hydrogen (secondary N) is 2. The second kappa shape index (κ2) is 11.7. The number of hydrogen-bond donors (Lipinski definition) is 3. The fourth-order valence-corrected chi connectivity index (χ4v) is 5.28. The van der Waals surface area contributed by atoms with Crippen molar-refractivity contribution in [3.63, 3.8) is 0 Å². The molecule has 1 aliphatic carbocycles. The molecule has 3 N–H and O–H groups in total. The van der Waals surface area contributed by atoms with Crippen LogP contribution >= 0.6 is 0 Å². The quantitative estimate of drug-likeness (QED) is 0.364. The zero-order valence-corrected chi connectivity index (χ0v) is 18.3. The number of anilines is 1. The average Bonchev–Trinajstić information content (AvgIpc) is 2.69. The second-order valence-electron chi connectivity index (χ2n) is 8.03. The number of halogens is 3. The molecule has 0 atom stereocenters. The van der Waals surface area contributed by atoms with E-state index in [0.717, 1.165) is 44.9 Å². The van der Waals surface area contributed by atoms with Gasteiger partial charge in [-0.05, 0) is 43.9 Å². The number of hydrogen-bond acceptors (Lipinski definition) is 4. The van der Waals surface area contributed by atoms with Crippen molar-refractivity contribution in [2.45, 2.75) is 87.7 Å². The first-order valence-corrected chi connectivity index (χ1v) is 12.3. The Kier molecular flexibility index (Phi) is 9.61. The number of aromatic carboxylic acids is 1. The van der Waals surface area contributed by atoms with E-state index >= 15 is 0 Å². The van der Waals surface area contributed by atoms with E-state index in [1.165, 1.54) is 18.2 Å².